The minimum absolute atomic E-state index is 0.157. The van der Waals surface area contributed by atoms with Crippen LogP contribution in [0.1, 0.15) is 27.5 Å². The van der Waals surface area contributed by atoms with Crippen LogP contribution in [0.15, 0.2) is 77.9 Å². The lowest BCUT2D eigenvalue weighted by Crippen LogP contribution is -2.44. The average molecular weight is 469 g/mol. The van der Waals surface area contributed by atoms with Crippen molar-refractivity contribution in [2.24, 2.45) is 16.9 Å². The molecule has 0 spiro atoms. The van der Waals surface area contributed by atoms with Crippen molar-refractivity contribution in [2.45, 2.75) is 12.1 Å². The van der Waals surface area contributed by atoms with Crippen molar-refractivity contribution in [3.8, 4) is 5.75 Å². The van der Waals surface area contributed by atoms with Crippen molar-refractivity contribution in [3.05, 3.63) is 95.3 Å². The number of Topliss-reactive ketones (excluding diaryl/α,β-unsaturated/α-hetero) is 1. The van der Waals surface area contributed by atoms with Gasteiger partial charge in [-0.05, 0) is 53.6 Å². The zero-order valence-electron chi connectivity index (χ0n) is 18.7. The van der Waals surface area contributed by atoms with E-state index in [0.29, 0.717) is 11.3 Å². The molecule has 3 heterocycles. The van der Waals surface area contributed by atoms with Crippen molar-refractivity contribution in [1.29, 1.82) is 0 Å². The molecule has 3 aromatic rings. The van der Waals surface area contributed by atoms with Crippen LogP contribution in [0.2, 0.25) is 0 Å². The molecule has 0 aliphatic carbocycles. The molecule has 7 nitrogen and oxygen atoms in total. The maximum absolute atomic E-state index is 14.0. The Morgan fingerprint density at radius 2 is 1.69 bits per heavy atom. The second kappa shape index (κ2) is 7.87. The Balaban J connectivity index is 1.48. The second-order valence-electron chi connectivity index (χ2n) is 8.78. The fourth-order valence-corrected chi connectivity index (χ4v) is 5.46. The van der Waals surface area contributed by atoms with E-state index in [1.165, 1.54) is 25.3 Å². The van der Waals surface area contributed by atoms with Crippen LogP contribution in [0.25, 0.3) is 0 Å². The number of amides is 2. The number of imide groups is 1. The smallest absolute Gasteiger partial charge is 0.240 e. The molecule has 2 saturated heterocycles. The first-order valence-electron chi connectivity index (χ1n) is 11.2. The van der Waals surface area contributed by atoms with Gasteiger partial charge in [-0.2, -0.15) is 5.10 Å². The van der Waals surface area contributed by atoms with Crippen LogP contribution in [0.4, 0.5) is 10.1 Å². The molecule has 8 heteroatoms. The number of anilines is 1. The molecular formula is C27H20FN3O4. The summed E-state index contributed by atoms with van der Waals surface area (Å²) in [6.07, 6.45) is 1.65. The van der Waals surface area contributed by atoms with E-state index in [2.05, 4.69) is 5.10 Å². The van der Waals surface area contributed by atoms with Gasteiger partial charge in [-0.15, -0.1) is 0 Å². The molecular weight excluding hydrogens is 449 g/mol. The molecule has 6 rings (SSSR count). The topological polar surface area (TPSA) is 79.3 Å². The van der Waals surface area contributed by atoms with Crippen molar-refractivity contribution in [3.63, 3.8) is 0 Å². The summed E-state index contributed by atoms with van der Waals surface area (Å²) in [5, 5.41) is 6.14. The van der Waals surface area contributed by atoms with Crippen LogP contribution in [0.5, 0.6) is 5.75 Å². The number of hydrazone groups is 1. The average Bonchev–Trinajstić information content (AvgIpc) is 3.36. The number of ether oxygens (including phenoxy) is 1. The normalized spacial score (nSPS) is 24.3. The van der Waals surface area contributed by atoms with E-state index < -0.39 is 41.6 Å². The molecule has 3 aromatic carbocycles. The van der Waals surface area contributed by atoms with Gasteiger partial charge in [0.15, 0.2) is 5.78 Å². The molecule has 0 radical (unpaired) electrons. The van der Waals surface area contributed by atoms with Gasteiger partial charge >= 0.3 is 0 Å². The Morgan fingerprint density at radius 1 is 0.943 bits per heavy atom. The molecule has 2 fully saturated rings. The SMILES string of the molecule is COc1ccc(C(=O)[C@H]2[C@H]3C(=O)N(c4cccc(F)c4)C(=O)[C@@H]3[C@H]3c4ccccc4C=NN32)cc1. The quantitative estimate of drug-likeness (QED) is 0.431. The summed E-state index contributed by atoms with van der Waals surface area (Å²) in [7, 11) is 1.53. The van der Waals surface area contributed by atoms with Crippen molar-refractivity contribution >= 4 is 29.5 Å². The van der Waals surface area contributed by atoms with Crippen LogP contribution in [-0.4, -0.2) is 42.0 Å². The number of fused-ring (bicyclic) bond motifs is 5. The molecule has 3 aliphatic heterocycles. The highest BCUT2D eigenvalue weighted by Crippen LogP contribution is 2.53. The van der Waals surface area contributed by atoms with E-state index in [0.717, 1.165) is 22.1 Å². The van der Waals surface area contributed by atoms with Gasteiger partial charge in [-0.1, -0.05) is 30.3 Å². The fraction of sp³-hybridized carbons (Fsp3) is 0.185. The molecule has 0 unspecified atom stereocenters. The molecule has 3 aliphatic rings. The van der Waals surface area contributed by atoms with Crippen molar-refractivity contribution in [2.75, 3.05) is 12.0 Å². The van der Waals surface area contributed by atoms with Gasteiger partial charge in [0.05, 0.1) is 36.9 Å². The van der Waals surface area contributed by atoms with E-state index in [1.807, 2.05) is 24.3 Å². The molecule has 2 amide bonds. The Kier molecular flexibility index (Phi) is 4.77. The molecule has 0 bridgehead atoms. The van der Waals surface area contributed by atoms with Crippen LogP contribution < -0.4 is 9.64 Å². The number of benzene rings is 3. The molecule has 0 saturated carbocycles. The Bertz CT molecular complexity index is 1400. The first-order chi connectivity index (χ1) is 17.0. The summed E-state index contributed by atoms with van der Waals surface area (Å²) in [6, 6.07) is 17.9. The van der Waals surface area contributed by atoms with Crippen LogP contribution in [0, 0.1) is 17.7 Å². The van der Waals surface area contributed by atoms with E-state index >= 15 is 0 Å². The Labute approximate surface area is 200 Å². The predicted molar refractivity (Wildman–Crippen MR) is 126 cm³/mol. The third-order valence-corrected chi connectivity index (χ3v) is 7.00. The lowest BCUT2D eigenvalue weighted by molar-refractivity contribution is -0.124. The van der Waals surface area contributed by atoms with Gasteiger partial charge in [0.2, 0.25) is 11.8 Å². The summed E-state index contributed by atoms with van der Waals surface area (Å²) in [5.41, 5.74) is 2.19. The summed E-state index contributed by atoms with van der Waals surface area (Å²) in [4.78, 5) is 42.3. The van der Waals surface area contributed by atoms with Crippen LogP contribution >= 0.6 is 0 Å². The highest BCUT2D eigenvalue weighted by atomic mass is 19.1. The summed E-state index contributed by atoms with van der Waals surface area (Å²) in [5.74, 6) is -3.07. The highest BCUT2D eigenvalue weighted by molar-refractivity contribution is 6.24. The number of hydrogen-bond acceptors (Lipinski definition) is 6. The first kappa shape index (κ1) is 21.2. The minimum Gasteiger partial charge on any atom is -0.497 e. The summed E-state index contributed by atoms with van der Waals surface area (Å²) < 4.78 is 19.2. The maximum atomic E-state index is 14.0. The number of nitrogens with zero attached hydrogens (tertiary/aromatic N) is 3. The lowest BCUT2D eigenvalue weighted by atomic mass is 9.83. The van der Waals surface area contributed by atoms with Gasteiger partial charge in [0.1, 0.15) is 17.6 Å². The minimum atomic E-state index is -0.988. The van der Waals surface area contributed by atoms with E-state index in [9.17, 15) is 18.8 Å². The predicted octanol–water partition coefficient (Wildman–Crippen LogP) is 3.60. The standard InChI is InChI=1S/C27H20FN3O4/c1-35-19-11-9-15(10-12-19)25(32)24-22-21(23-20-8-3-2-5-16(20)14-29-31(23)24)26(33)30(27(22)34)18-7-4-6-17(28)13-18/h2-14,21-24H,1H3/t21-,22-,23+,24+/m0/s1. The van der Waals surface area contributed by atoms with Gasteiger partial charge < -0.3 is 4.74 Å². The van der Waals surface area contributed by atoms with Crippen LogP contribution in [-0.2, 0) is 9.59 Å². The van der Waals surface area contributed by atoms with E-state index in [1.54, 1.807) is 35.5 Å². The Hall–Kier alpha value is -4.33. The fourth-order valence-electron chi connectivity index (χ4n) is 5.46. The zero-order chi connectivity index (χ0) is 24.3. The lowest BCUT2D eigenvalue weighted by Gasteiger charge is -2.33. The number of carbonyl (C=O) groups excluding carboxylic acids is 3. The maximum Gasteiger partial charge on any atom is 0.240 e. The summed E-state index contributed by atoms with van der Waals surface area (Å²) in [6.45, 7) is 0. The summed E-state index contributed by atoms with van der Waals surface area (Å²) >= 11 is 0. The van der Waals surface area contributed by atoms with Crippen molar-refractivity contribution in [1.82, 2.24) is 5.01 Å². The highest BCUT2D eigenvalue weighted by Gasteiger charge is 2.65. The van der Waals surface area contributed by atoms with Gasteiger partial charge in [-0.3, -0.25) is 19.4 Å². The van der Waals surface area contributed by atoms with E-state index in [4.69, 9.17) is 4.74 Å². The molecule has 4 atom stereocenters. The van der Waals surface area contributed by atoms with Gasteiger partial charge in [0.25, 0.3) is 0 Å². The zero-order valence-corrected chi connectivity index (χ0v) is 18.7. The molecule has 174 valence electrons. The number of hydrogen-bond donors (Lipinski definition) is 0. The number of methoxy groups -OCH3 is 1. The third kappa shape index (κ3) is 3.10. The Morgan fingerprint density at radius 3 is 2.43 bits per heavy atom. The van der Waals surface area contributed by atoms with Crippen molar-refractivity contribution < 1.29 is 23.5 Å². The monoisotopic (exact) mass is 469 g/mol. The largest absolute Gasteiger partial charge is 0.497 e. The van der Waals surface area contributed by atoms with Gasteiger partial charge in [-0.25, -0.2) is 9.29 Å². The molecule has 0 aromatic heterocycles. The number of halogens is 1. The molecule has 35 heavy (non-hydrogen) atoms. The molecule has 0 N–H and O–H groups in total. The number of carbonyl (C=O) groups is 3. The first-order valence-corrected chi connectivity index (χ1v) is 11.2. The van der Waals surface area contributed by atoms with Gasteiger partial charge in [0, 0.05) is 5.56 Å². The third-order valence-electron chi connectivity index (χ3n) is 7.00. The van der Waals surface area contributed by atoms with E-state index in [-0.39, 0.29) is 11.5 Å². The number of ketones is 1. The number of rotatable bonds is 4. The van der Waals surface area contributed by atoms with Crippen LogP contribution in [0.3, 0.4) is 0 Å². The second-order valence-corrected chi connectivity index (χ2v) is 8.78.